The van der Waals surface area contributed by atoms with Gasteiger partial charge in [-0.1, -0.05) is 325 Å². The maximum absolute atomic E-state index is 13.1. The van der Waals surface area contributed by atoms with Crippen molar-refractivity contribution in [3.8, 4) is 0 Å². The van der Waals surface area contributed by atoms with Gasteiger partial charge in [0, 0.05) is 6.42 Å². The molecular formula is C74H137NO8. The van der Waals surface area contributed by atoms with E-state index < -0.39 is 49.5 Å². The van der Waals surface area contributed by atoms with Gasteiger partial charge in [-0.2, -0.15) is 0 Å². The molecule has 1 aliphatic heterocycles. The third-order valence-electron chi connectivity index (χ3n) is 17.0. The van der Waals surface area contributed by atoms with Crippen LogP contribution < -0.4 is 5.32 Å². The van der Waals surface area contributed by atoms with E-state index in [1.165, 1.54) is 276 Å². The summed E-state index contributed by atoms with van der Waals surface area (Å²) in [6.07, 6.45) is 80.6. The van der Waals surface area contributed by atoms with E-state index in [0.29, 0.717) is 6.42 Å². The standard InChI is InChI=1S/C74H137NO8/c1-3-5-7-9-11-13-15-17-19-21-23-25-27-29-30-31-32-33-34-35-36-37-38-40-42-44-46-48-50-52-54-56-58-60-62-64-70(78)75-67(66-82-74-73(81)72(80)71(79)69(65-76)83-74)68(77)63-61-59-57-55-53-51-49-47-45-43-41-39-28-26-24-22-20-18-16-14-12-10-8-6-4-2/h15,17,21,23,45,47,53,55,61,63,67-69,71-74,76-77,79-81H,3-14,16,18-20,22,24-44,46,48-52,54,56-60,62,64-66H2,1-2H3,(H,75,78)/b17-15-,23-21-,47-45+,55-53+,63-61+. The van der Waals surface area contributed by atoms with Crippen molar-refractivity contribution in [2.75, 3.05) is 13.2 Å². The summed E-state index contributed by atoms with van der Waals surface area (Å²) in [6.45, 7) is 3.79. The van der Waals surface area contributed by atoms with Crippen molar-refractivity contribution in [1.82, 2.24) is 5.32 Å². The second-order valence-corrected chi connectivity index (χ2v) is 25.0. The predicted octanol–water partition coefficient (Wildman–Crippen LogP) is 19.8. The average molecular weight is 1170 g/mol. The van der Waals surface area contributed by atoms with Crippen LogP contribution in [0.4, 0.5) is 0 Å². The van der Waals surface area contributed by atoms with Crippen LogP contribution in [0.3, 0.4) is 0 Å². The summed E-state index contributed by atoms with van der Waals surface area (Å²) in [6, 6.07) is -0.830. The van der Waals surface area contributed by atoms with Gasteiger partial charge in [-0.05, 0) is 77.0 Å². The number of nitrogens with one attached hydrogen (secondary N) is 1. The molecule has 7 unspecified atom stereocenters. The highest BCUT2D eigenvalue weighted by molar-refractivity contribution is 5.76. The maximum Gasteiger partial charge on any atom is 0.220 e. The Morgan fingerprint density at radius 3 is 1.08 bits per heavy atom. The van der Waals surface area contributed by atoms with Gasteiger partial charge in [-0.25, -0.2) is 0 Å². The number of unbranched alkanes of at least 4 members (excludes halogenated alkanes) is 45. The zero-order valence-corrected chi connectivity index (χ0v) is 54.5. The van der Waals surface area contributed by atoms with Crippen LogP contribution in [0.15, 0.2) is 60.8 Å². The van der Waals surface area contributed by atoms with Gasteiger partial charge < -0.3 is 40.3 Å². The Labute approximate surface area is 513 Å². The SMILES string of the molecule is CCCCCCC/C=C\C/C=C\CCCCCCCCCCCCCCCCCCCCCCCCCC(=O)NC(COC1OC(CO)C(O)C(O)C1O)C(O)/C=C/CC/C=C/CC/C=C/CCCCCCCCCCCCCCCCC. The number of carbonyl (C=O) groups is 1. The lowest BCUT2D eigenvalue weighted by molar-refractivity contribution is -0.302. The van der Waals surface area contributed by atoms with Crippen molar-refractivity contribution < 1.29 is 39.8 Å². The zero-order valence-electron chi connectivity index (χ0n) is 54.5. The molecule has 0 saturated carbocycles. The van der Waals surface area contributed by atoms with Crippen molar-refractivity contribution in [2.24, 2.45) is 0 Å². The van der Waals surface area contributed by atoms with Gasteiger partial charge in [-0.3, -0.25) is 4.79 Å². The van der Waals surface area contributed by atoms with E-state index in [2.05, 4.69) is 67.8 Å². The summed E-state index contributed by atoms with van der Waals surface area (Å²) in [7, 11) is 0. The zero-order chi connectivity index (χ0) is 60.0. The number of hydrogen-bond acceptors (Lipinski definition) is 8. The van der Waals surface area contributed by atoms with Crippen LogP contribution >= 0.6 is 0 Å². The Bertz CT molecular complexity index is 1500. The van der Waals surface area contributed by atoms with Crippen molar-refractivity contribution in [3.05, 3.63) is 60.8 Å². The monoisotopic (exact) mass is 1170 g/mol. The van der Waals surface area contributed by atoms with E-state index in [-0.39, 0.29) is 12.5 Å². The van der Waals surface area contributed by atoms with E-state index in [0.717, 1.165) is 51.4 Å². The lowest BCUT2D eigenvalue weighted by atomic mass is 9.99. The molecule has 0 spiro atoms. The minimum absolute atomic E-state index is 0.185. The summed E-state index contributed by atoms with van der Waals surface area (Å²) in [4.78, 5) is 13.1. The Hall–Kier alpha value is -2.11. The van der Waals surface area contributed by atoms with Crippen LogP contribution in [-0.2, 0) is 14.3 Å². The first-order valence-electron chi connectivity index (χ1n) is 36.0. The molecule has 0 bridgehead atoms. The van der Waals surface area contributed by atoms with Crippen molar-refractivity contribution >= 4 is 5.91 Å². The fourth-order valence-corrected chi connectivity index (χ4v) is 11.4. The normalized spacial score (nSPS) is 18.6. The summed E-state index contributed by atoms with van der Waals surface area (Å²) in [5.74, 6) is -0.185. The third kappa shape index (κ3) is 51.6. The van der Waals surface area contributed by atoms with Crippen molar-refractivity contribution in [3.63, 3.8) is 0 Å². The first-order chi connectivity index (χ1) is 40.8. The molecule has 0 radical (unpaired) electrons. The van der Waals surface area contributed by atoms with Crippen LogP contribution in [0.25, 0.3) is 0 Å². The summed E-state index contributed by atoms with van der Waals surface area (Å²) >= 11 is 0. The van der Waals surface area contributed by atoms with Gasteiger partial charge in [0.2, 0.25) is 5.91 Å². The van der Waals surface area contributed by atoms with Gasteiger partial charge >= 0.3 is 0 Å². The van der Waals surface area contributed by atoms with E-state index >= 15 is 0 Å². The molecule has 1 amide bonds. The van der Waals surface area contributed by atoms with Gasteiger partial charge in [0.25, 0.3) is 0 Å². The van der Waals surface area contributed by atoms with Gasteiger partial charge in [0.1, 0.15) is 24.4 Å². The van der Waals surface area contributed by atoms with E-state index in [1.54, 1.807) is 6.08 Å². The van der Waals surface area contributed by atoms with Crippen LogP contribution in [-0.4, -0.2) is 87.5 Å². The molecule has 1 saturated heterocycles. The molecule has 83 heavy (non-hydrogen) atoms. The van der Waals surface area contributed by atoms with Crippen LogP contribution in [0.5, 0.6) is 0 Å². The first kappa shape index (κ1) is 78.9. The Morgan fingerprint density at radius 1 is 0.410 bits per heavy atom. The second-order valence-electron chi connectivity index (χ2n) is 25.0. The summed E-state index contributed by atoms with van der Waals surface area (Å²) in [5.41, 5.74) is 0. The number of hydrogen-bond donors (Lipinski definition) is 6. The third-order valence-corrected chi connectivity index (χ3v) is 17.0. The van der Waals surface area contributed by atoms with Gasteiger partial charge in [0.15, 0.2) is 6.29 Å². The fraction of sp³-hybridized carbons (Fsp3) is 0.851. The molecule has 7 atom stereocenters. The molecular weight excluding hydrogens is 1030 g/mol. The summed E-state index contributed by atoms with van der Waals surface area (Å²) < 4.78 is 11.3. The number of aliphatic hydroxyl groups is 5. The maximum atomic E-state index is 13.1. The molecule has 0 aromatic carbocycles. The highest BCUT2D eigenvalue weighted by atomic mass is 16.7. The van der Waals surface area contributed by atoms with Crippen LogP contribution in [0.1, 0.15) is 348 Å². The highest BCUT2D eigenvalue weighted by Crippen LogP contribution is 2.23. The van der Waals surface area contributed by atoms with E-state index in [4.69, 9.17) is 9.47 Å². The first-order valence-corrected chi connectivity index (χ1v) is 36.0. The summed E-state index contributed by atoms with van der Waals surface area (Å²) in [5, 5.41) is 54.7. The number of aliphatic hydroxyl groups excluding tert-OH is 5. The van der Waals surface area contributed by atoms with E-state index in [9.17, 15) is 30.3 Å². The smallest absolute Gasteiger partial charge is 0.220 e. The molecule has 9 nitrogen and oxygen atoms in total. The van der Waals surface area contributed by atoms with Gasteiger partial charge in [-0.15, -0.1) is 0 Å². The minimum Gasteiger partial charge on any atom is -0.394 e. The molecule has 6 N–H and O–H groups in total. The van der Waals surface area contributed by atoms with Gasteiger partial charge in [0.05, 0.1) is 25.4 Å². The van der Waals surface area contributed by atoms with Crippen LogP contribution in [0, 0.1) is 0 Å². The molecule has 9 heteroatoms. The van der Waals surface area contributed by atoms with Crippen molar-refractivity contribution in [1.29, 1.82) is 0 Å². The molecule has 0 aliphatic carbocycles. The lowest BCUT2D eigenvalue weighted by Crippen LogP contribution is -2.60. The van der Waals surface area contributed by atoms with Crippen molar-refractivity contribution in [2.45, 2.75) is 391 Å². The number of ether oxygens (including phenoxy) is 2. The highest BCUT2D eigenvalue weighted by Gasteiger charge is 2.44. The number of allylic oxidation sites excluding steroid dienone is 9. The predicted molar refractivity (Wildman–Crippen MR) is 355 cm³/mol. The molecule has 1 fully saturated rings. The Kier molecular flexibility index (Phi) is 59.8. The van der Waals surface area contributed by atoms with E-state index in [1.807, 2.05) is 6.08 Å². The number of amides is 1. The largest absolute Gasteiger partial charge is 0.394 e. The molecule has 1 heterocycles. The number of carbonyl (C=O) groups excluding carboxylic acids is 1. The molecule has 486 valence electrons. The quantitative estimate of drug-likeness (QED) is 0.0261. The molecule has 0 aromatic rings. The number of rotatable bonds is 63. The molecule has 1 rings (SSSR count). The van der Waals surface area contributed by atoms with Crippen LogP contribution in [0.2, 0.25) is 0 Å². The molecule has 1 aliphatic rings. The Morgan fingerprint density at radius 2 is 0.723 bits per heavy atom. The second kappa shape index (κ2) is 62.9. The topological polar surface area (TPSA) is 149 Å². The molecule has 0 aromatic heterocycles. The fourth-order valence-electron chi connectivity index (χ4n) is 11.4. The minimum atomic E-state index is -1.58. The lowest BCUT2D eigenvalue weighted by Gasteiger charge is -2.40. The average Bonchev–Trinajstić information content (AvgIpc) is 3.60. The Balaban J connectivity index is 2.12.